The zero-order valence-corrected chi connectivity index (χ0v) is 15.2. The summed E-state index contributed by atoms with van der Waals surface area (Å²) in [5.74, 6) is 1.03. The molecule has 28 heavy (non-hydrogen) atoms. The van der Waals surface area contributed by atoms with Crippen molar-refractivity contribution in [1.82, 2.24) is 15.3 Å². The van der Waals surface area contributed by atoms with Crippen molar-refractivity contribution in [3.8, 4) is 11.5 Å². The first-order chi connectivity index (χ1) is 13.6. The van der Waals surface area contributed by atoms with E-state index >= 15 is 0 Å². The Morgan fingerprint density at radius 3 is 2.46 bits per heavy atom. The van der Waals surface area contributed by atoms with Crippen molar-refractivity contribution < 1.29 is 18.7 Å². The SMILES string of the molecule is COc1ccc(OCCNC(=O)c2cnc(Nc3cccc(F)c3)nc2)cc1. The van der Waals surface area contributed by atoms with E-state index in [0.29, 0.717) is 30.2 Å². The third kappa shape index (κ3) is 5.41. The summed E-state index contributed by atoms with van der Waals surface area (Å²) in [4.78, 5) is 20.3. The number of nitrogens with zero attached hydrogens (tertiary/aromatic N) is 2. The summed E-state index contributed by atoms with van der Waals surface area (Å²) in [7, 11) is 1.60. The van der Waals surface area contributed by atoms with E-state index in [9.17, 15) is 9.18 Å². The molecule has 0 aliphatic rings. The maximum Gasteiger partial charge on any atom is 0.254 e. The minimum atomic E-state index is -0.363. The van der Waals surface area contributed by atoms with Gasteiger partial charge < -0.3 is 20.1 Å². The molecule has 0 atom stereocenters. The van der Waals surface area contributed by atoms with Crippen molar-refractivity contribution in [1.29, 1.82) is 0 Å². The van der Waals surface area contributed by atoms with E-state index in [1.165, 1.54) is 24.5 Å². The third-order valence-corrected chi connectivity index (χ3v) is 3.71. The lowest BCUT2D eigenvalue weighted by molar-refractivity contribution is 0.0946. The van der Waals surface area contributed by atoms with Crippen molar-refractivity contribution in [2.24, 2.45) is 0 Å². The molecule has 3 rings (SSSR count). The Hall–Kier alpha value is -3.68. The number of methoxy groups -OCH3 is 1. The van der Waals surface area contributed by atoms with E-state index in [1.807, 2.05) is 0 Å². The highest BCUT2D eigenvalue weighted by Crippen LogP contribution is 2.17. The van der Waals surface area contributed by atoms with Gasteiger partial charge in [-0.3, -0.25) is 4.79 Å². The largest absolute Gasteiger partial charge is 0.497 e. The van der Waals surface area contributed by atoms with E-state index < -0.39 is 0 Å². The maximum atomic E-state index is 13.2. The van der Waals surface area contributed by atoms with Gasteiger partial charge in [-0.25, -0.2) is 14.4 Å². The summed E-state index contributed by atoms with van der Waals surface area (Å²) in [6.07, 6.45) is 2.79. The number of halogens is 1. The lowest BCUT2D eigenvalue weighted by Crippen LogP contribution is -2.28. The fourth-order valence-corrected chi connectivity index (χ4v) is 2.31. The van der Waals surface area contributed by atoms with Crippen LogP contribution in [-0.2, 0) is 0 Å². The second kappa shape index (κ2) is 9.31. The molecular weight excluding hydrogens is 363 g/mol. The normalized spacial score (nSPS) is 10.2. The first kappa shape index (κ1) is 19.1. The highest BCUT2D eigenvalue weighted by atomic mass is 19.1. The molecule has 0 unspecified atom stereocenters. The smallest absolute Gasteiger partial charge is 0.254 e. The number of ether oxygens (including phenoxy) is 2. The number of anilines is 2. The first-order valence-electron chi connectivity index (χ1n) is 8.54. The predicted octanol–water partition coefficient (Wildman–Crippen LogP) is 3.18. The average molecular weight is 382 g/mol. The number of nitrogens with one attached hydrogen (secondary N) is 2. The molecule has 0 radical (unpaired) electrons. The predicted molar refractivity (Wildman–Crippen MR) is 103 cm³/mol. The van der Waals surface area contributed by atoms with Crippen molar-refractivity contribution in [3.63, 3.8) is 0 Å². The van der Waals surface area contributed by atoms with Crippen LogP contribution in [-0.4, -0.2) is 36.1 Å². The van der Waals surface area contributed by atoms with Gasteiger partial charge in [0.15, 0.2) is 0 Å². The van der Waals surface area contributed by atoms with Gasteiger partial charge >= 0.3 is 0 Å². The lowest BCUT2D eigenvalue weighted by atomic mass is 10.3. The van der Waals surface area contributed by atoms with Gasteiger partial charge in [-0.05, 0) is 42.5 Å². The Kier molecular flexibility index (Phi) is 6.35. The summed E-state index contributed by atoms with van der Waals surface area (Å²) < 4.78 is 23.8. The number of rotatable bonds is 8. The van der Waals surface area contributed by atoms with Crippen LogP contribution in [0.4, 0.5) is 16.0 Å². The van der Waals surface area contributed by atoms with Crippen molar-refractivity contribution in [2.45, 2.75) is 0 Å². The van der Waals surface area contributed by atoms with Gasteiger partial charge in [0, 0.05) is 18.1 Å². The zero-order chi connectivity index (χ0) is 19.8. The molecule has 2 aromatic carbocycles. The molecule has 144 valence electrons. The molecule has 7 nitrogen and oxygen atoms in total. The van der Waals surface area contributed by atoms with Gasteiger partial charge in [-0.15, -0.1) is 0 Å². The maximum absolute atomic E-state index is 13.2. The molecule has 2 N–H and O–H groups in total. The second-order valence-corrected chi connectivity index (χ2v) is 5.71. The first-order valence-corrected chi connectivity index (χ1v) is 8.54. The Morgan fingerprint density at radius 1 is 1.07 bits per heavy atom. The summed E-state index contributed by atoms with van der Waals surface area (Å²) in [5.41, 5.74) is 0.835. The molecule has 0 saturated carbocycles. The number of aromatic nitrogens is 2. The van der Waals surface area contributed by atoms with E-state index in [1.54, 1.807) is 43.5 Å². The molecule has 0 saturated heterocycles. The second-order valence-electron chi connectivity index (χ2n) is 5.71. The summed E-state index contributed by atoms with van der Waals surface area (Å²) >= 11 is 0. The van der Waals surface area contributed by atoms with E-state index in [0.717, 1.165) is 5.75 Å². The van der Waals surface area contributed by atoms with Crippen LogP contribution in [0.1, 0.15) is 10.4 Å². The van der Waals surface area contributed by atoms with E-state index in [4.69, 9.17) is 9.47 Å². The quantitative estimate of drug-likeness (QED) is 0.582. The average Bonchev–Trinajstić information content (AvgIpc) is 2.72. The zero-order valence-electron chi connectivity index (χ0n) is 15.2. The van der Waals surface area contributed by atoms with Crippen LogP contribution >= 0.6 is 0 Å². The Bertz CT molecular complexity index is 917. The lowest BCUT2D eigenvalue weighted by Gasteiger charge is -2.09. The van der Waals surface area contributed by atoms with Crippen molar-refractivity contribution in [3.05, 3.63) is 72.3 Å². The van der Waals surface area contributed by atoms with Crippen molar-refractivity contribution in [2.75, 3.05) is 25.6 Å². The van der Waals surface area contributed by atoms with Gasteiger partial charge in [0.05, 0.1) is 19.2 Å². The molecule has 1 amide bonds. The van der Waals surface area contributed by atoms with Crippen LogP contribution in [0.5, 0.6) is 11.5 Å². The molecule has 0 bridgehead atoms. The highest BCUT2D eigenvalue weighted by Gasteiger charge is 2.07. The third-order valence-electron chi connectivity index (χ3n) is 3.71. The minimum absolute atomic E-state index is 0.269. The number of hydrogen-bond acceptors (Lipinski definition) is 6. The number of carbonyl (C=O) groups excluding carboxylic acids is 1. The Balaban J connectivity index is 1.45. The van der Waals surface area contributed by atoms with Gasteiger partial charge in [-0.2, -0.15) is 0 Å². The molecule has 3 aromatic rings. The fourth-order valence-electron chi connectivity index (χ4n) is 2.31. The topological polar surface area (TPSA) is 85.4 Å². The molecule has 0 aliphatic heterocycles. The van der Waals surface area contributed by atoms with Gasteiger partial charge in [-0.1, -0.05) is 6.07 Å². The molecular formula is C20H19FN4O3. The van der Waals surface area contributed by atoms with E-state index in [-0.39, 0.29) is 17.7 Å². The summed E-state index contributed by atoms with van der Waals surface area (Å²) in [6, 6.07) is 13.1. The van der Waals surface area contributed by atoms with Crippen molar-refractivity contribution >= 4 is 17.5 Å². The highest BCUT2D eigenvalue weighted by molar-refractivity contribution is 5.93. The van der Waals surface area contributed by atoms with Gasteiger partial charge in [0.1, 0.15) is 23.9 Å². The van der Waals surface area contributed by atoms with Crippen LogP contribution in [0.15, 0.2) is 60.9 Å². The summed E-state index contributed by atoms with van der Waals surface area (Å²) in [5, 5.41) is 5.60. The molecule has 0 spiro atoms. The number of hydrogen-bond donors (Lipinski definition) is 2. The van der Waals surface area contributed by atoms with Crippen LogP contribution in [0.25, 0.3) is 0 Å². The summed E-state index contributed by atoms with van der Waals surface area (Å²) in [6.45, 7) is 0.645. The molecule has 8 heteroatoms. The standard InChI is InChI=1S/C20H19FN4O3/c1-27-17-5-7-18(8-6-17)28-10-9-22-19(26)14-12-23-20(24-13-14)25-16-4-2-3-15(21)11-16/h2-8,11-13H,9-10H2,1H3,(H,22,26)(H,23,24,25). The molecule has 0 aliphatic carbocycles. The number of amides is 1. The molecule has 1 heterocycles. The molecule has 0 fully saturated rings. The fraction of sp³-hybridized carbons (Fsp3) is 0.150. The van der Waals surface area contributed by atoms with Gasteiger partial charge in [0.25, 0.3) is 5.91 Å². The van der Waals surface area contributed by atoms with Crippen LogP contribution in [0.3, 0.4) is 0 Å². The minimum Gasteiger partial charge on any atom is -0.497 e. The number of carbonyl (C=O) groups is 1. The van der Waals surface area contributed by atoms with E-state index in [2.05, 4.69) is 20.6 Å². The van der Waals surface area contributed by atoms with Gasteiger partial charge in [0.2, 0.25) is 5.95 Å². The monoisotopic (exact) mass is 382 g/mol. The Labute approximate surface area is 161 Å². The Morgan fingerprint density at radius 2 is 1.79 bits per heavy atom. The molecule has 1 aromatic heterocycles. The number of benzene rings is 2. The van der Waals surface area contributed by atoms with Crippen LogP contribution < -0.4 is 20.1 Å². The van der Waals surface area contributed by atoms with Crippen LogP contribution in [0.2, 0.25) is 0 Å². The van der Waals surface area contributed by atoms with Crippen LogP contribution in [0, 0.1) is 5.82 Å².